The monoisotopic (exact) mass is 211 g/mol. The zero-order valence-electron chi connectivity index (χ0n) is 10.1. The Morgan fingerprint density at radius 2 is 2.13 bits per heavy atom. The molecule has 0 heterocycles. The van der Waals surface area contributed by atoms with E-state index in [4.69, 9.17) is 4.74 Å². The Morgan fingerprint density at radius 3 is 2.73 bits per heavy atom. The van der Waals surface area contributed by atoms with E-state index in [0.29, 0.717) is 17.9 Å². The molecule has 4 atom stereocenters. The third-order valence-corrected chi connectivity index (χ3v) is 4.57. The summed E-state index contributed by atoms with van der Waals surface area (Å²) >= 11 is 0. The van der Waals surface area contributed by atoms with Crippen LogP contribution in [-0.4, -0.2) is 23.4 Å². The Balaban J connectivity index is 2.04. The van der Waals surface area contributed by atoms with Gasteiger partial charge in [0.15, 0.2) is 0 Å². The molecule has 0 aliphatic heterocycles. The van der Waals surface area contributed by atoms with Crippen molar-refractivity contribution in [3.63, 3.8) is 0 Å². The van der Waals surface area contributed by atoms with E-state index in [0.717, 1.165) is 12.3 Å². The summed E-state index contributed by atoms with van der Waals surface area (Å²) in [6.07, 6.45) is 3.17. The molecule has 0 spiro atoms. The molecule has 15 heavy (non-hydrogen) atoms. The molecule has 2 nitrogen and oxygen atoms in total. The molecule has 87 valence electrons. The van der Waals surface area contributed by atoms with Gasteiger partial charge in [-0.05, 0) is 37.0 Å². The van der Waals surface area contributed by atoms with Gasteiger partial charge in [0, 0.05) is 0 Å². The number of aliphatic hydroxyl groups is 1. The molecule has 0 bridgehead atoms. The molecule has 0 amide bonds. The first-order valence-electron chi connectivity index (χ1n) is 6.05. The molecule has 0 saturated heterocycles. The maximum atomic E-state index is 9.22. The van der Waals surface area contributed by atoms with Gasteiger partial charge in [0.25, 0.3) is 0 Å². The molecule has 1 radical (unpaired) electrons. The van der Waals surface area contributed by atoms with E-state index >= 15 is 0 Å². The van der Waals surface area contributed by atoms with Crippen molar-refractivity contribution in [3.05, 3.63) is 6.92 Å². The van der Waals surface area contributed by atoms with Crippen LogP contribution in [0.3, 0.4) is 0 Å². The van der Waals surface area contributed by atoms with Gasteiger partial charge in [-0.15, -0.1) is 0 Å². The lowest BCUT2D eigenvalue weighted by atomic mass is 9.88. The summed E-state index contributed by atoms with van der Waals surface area (Å²) < 4.78 is 5.98. The Bertz CT molecular complexity index is 247. The Morgan fingerprint density at radius 1 is 1.47 bits per heavy atom. The van der Waals surface area contributed by atoms with Gasteiger partial charge < -0.3 is 9.84 Å². The number of hydrogen-bond acceptors (Lipinski definition) is 2. The normalized spacial score (nSPS) is 44.6. The average molecular weight is 211 g/mol. The maximum absolute atomic E-state index is 9.22. The third-order valence-electron chi connectivity index (χ3n) is 4.57. The Hall–Kier alpha value is -0.0800. The zero-order valence-corrected chi connectivity index (χ0v) is 10.1. The maximum Gasteiger partial charge on any atom is 0.0775 e. The fraction of sp³-hybridized carbons (Fsp3) is 0.923. The highest BCUT2D eigenvalue weighted by atomic mass is 16.5. The number of fused-ring (bicyclic) bond motifs is 1. The highest BCUT2D eigenvalue weighted by Crippen LogP contribution is 2.70. The molecule has 2 fully saturated rings. The van der Waals surface area contributed by atoms with Crippen LogP contribution in [-0.2, 0) is 4.74 Å². The minimum atomic E-state index is -0.589. The van der Waals surface area contributed by atoms with Crippen molar-refractivity contribution in [3.8, 4) is 0 Å². The Labute approximate surface area is 93.0 Å². The molecule has 2 saturated carbocycles. The second-order valence-corrected chi connectivity index (χ2v) is 6.02. The lowest BCUT2D eigenvalue weighted by molar-refractivity contribution is -0.0533. The van der Waals surface area contributed by atoms with Crippen molar-refractivity contribution in [2.45, 2.75) is 51.7 Å². The van der Waals surface area contributed by atoms with Gasteiger partial charge in [0.1, 0.15) is 0 Å². The van der Waals surface area contributed by atoms with Crippen LogP contribution in [0.1, 0.15) is 40.0 Å². The highest BCUT2D eigenvalue weighted by Gasteiger charge is 2.72. The molecule has 2 aliphatic rings. The smallest absolute Gasteiger partial charge is 0.0775 e. The van der Waals surface area contributed by atoms with Crippen LogP contribution >= 0.6 is 0 Å². The second kappa shape index (κ2) is 3.46. The SMILES string of the molecule is [CH2]C(O)COC12CC(C)CCC1C2(C)C. The summed E-state index contributed by atoms with van der Waals surface area (Å²) in [7, 11) is 0. The quantitative estimate of drug-likeness (QED) is 0.777. The van der Waals surface area contributed by atoms with E-state index in [2.05, 4.69) is 27.7 Å². The van der Waals surface area contributed by atoms with Crippen LogP contribution < -0.4 is 0 Å². The van der Waals surface area contributed by atoms with Gasteiger partial charge in [0.2, 0.25) is 0 Å². The first-order chi connectivity index (χ1) is 6.90. The molecule has 2 aliphatic carbocycles. The van der Waals surface area contributed by atoms with Crippen molar-refractivity contribution in [2.24, 2.45) is 17.3 Å². The predicted molar refractivity (Wildman–Crippen MR) is 60.3 cm³/mol. The van der Waals surface area contributed by atoms with Crippen molar-refractivity contribution in [1.82, 2.24) is 0 Å². The van der Waals surface area contributed by atoms with Crippen LogP contribution in [0.5, 0.6) is 0 Å². The average Bonchev–Trinajstić information content (AvgIpc) is 2.60. The summed E-state index contributed by atoms with van der Waals surface area (Å²) in [6, 6.07) is 0. The van der Waals surface area contributed by atoms with Crippen LogP contribution in [0.4, 0.5) is 0 Å². The van der Waals surface area contributed by atoms with Crippen molar-refractivity contribution < 1.29 is 9.84 Å². The number of rotatable bonds is 3. The lowest BCUT2D eigenvalue weighted by Gasteiger charge is -2.28. The molecule has 2 heteroatoms. The summed E-state index contributed by atoms with van der Waals surface area (Å²) in [6.45, 7) is 10.8. The van der Waals surface area contributed by atoms with E-state index in [-0.39, 0.29) is 5.60 Å². The summed E-state index contributed by atoms with van der Waals surface area (Å²) in [5.74, 6) is 1.45. The highest BCUT2D eigenvalue weighted by molar-refractivity contribution is 5.22. The van der Waals surface area contributed by atoms with E-state index in [1.165, 1.54) is 12.8 Å². The Kier molecular flexibility index (Phi) is 2.63. The van der Waals surface area contributed by atoms with Gasteiger partial charge in [-0.1, -0.05) is 27.2 Å². The molecule has 1 N–H and O–H groups in total. The fourth-order valence-electron chi connectivity index (χ4n) is 3.58. The molecular formula is C13H23O2. The van der Waals surface area contributed by atoms with Crippen LogP contribution in [0, 0.1) is 24.2 Å². The van der Waals surface area contributed by atoms with E-state index < -0.39 is 6.10 Å². The molecule has 0 aromatic heterocycles. The topological polar surface area (TPSA) is 29.5 Å². The van der Waals surface area contributed by atoms with Crippen molar-refractivity contribution in [2.75, 3.05) is 6.61 Å². The van der Waals surface area contributed by atoms with Gasteiger partial charge in [-0.25, -0.2) is 0 Å². The predicted octanol–water partition coefficient (Wildman–Crippen LogP) is 2.41. The molecule has 0 aromatic rings. The van der Waals surface area contributed by atoms with E-state index in [9.17, 15) is 5.11 Å². The van der Waals surface area contributed by atoms with E-state index in [1.54, 1.807) is 0 Å². The third kappa shape index (κ3) is 1.62. The lowest BCUT2D eigenvalue weighted by Crippen LogP contribution is -2.30. The van der Waals surface area contributed by atoms with Gasteiger partial charge in [-0.3, -0.25) is 0 Å². The van der Waals surface area contributed by atoms with Crippen LogP contribution in [0.25, 0.3) is 0 Å². The standard InChI is InChI=1S/C13H23O2/c1-9-5-6-11-12(3,4)13(11,7-9)15-8-10(2)14/h9-11,14H,2,5-8H2,1,3-4H3. The van der Waals surface area contributed by atoms with Crippen LogP contribution in [0.15, 0.2) is 0 Å². The van der Waals surface area contributed by atoms with Crippen molar-refractivity contribution >= 4 is 0 Å². The summed E-state index contributed by atoms with van der Waals surface area (Å²) in [4.78, 5) is 0. The van der Waals surface area contributed by atoms with Gasteiger partial charge >= 0.3 is 0 Å². The second-order valence-electron chi connectivity index (χ2n) is 6.02. The first kappa shape index (κ1) is 11.4. The summed E-state index contributed by atoms with van der Waals surface area (Å²) in [5, 5.41) is 9.22. The zero-order chi connectivity index (χ0) is 11.3. The van der Waals surface area contributed by atoms with Gasteiger partial charge in [0.05, 0.1) is 18.3 Å². The largest absolute Gasteiger partial charge is 0.391 e. The number of hydrogen-bond donors (Lipinski definition) is 1. The number of ether oxygens (including phenoxy) is 1. The fourth-order valence-corrected chi connectivity index (χ4v) is 3.58. The molecule has 0 aromatic carbocycles. The first-order valence-corrected chi connectivity index (χ1v) is 6.05. The van der Waals surface area contributed by atoms with E-state index in [1.807, 2.05) is 0 Å². The minimum Gasteiger partial charge on any atom is -0.391 e. The van der Waals surface area contributed by atoms with Crippen LogP contribution in [0.2, 0.25) is 0 Å². The molecule has 4 unspecified atom stereocenters. The van der Waals surface area contributed by atoms with Gasteiger partial charge in [-0.2, -0.15) is 0 Å². The number of aliphatic hydroxyl groups excluding tert-OH is 1. The molecular weight excluding hydrogens is 188 g/mol. The molecule has 2 rings (SSSR count). The minimum absolute atomic E-state index is 0.0450. The van der Waals surface area contributed by atoms with Crippen molar-refractivity contribution in [1.29, 1.82) is 0 Å². The summed E-state index contributed by atoms with van der Waals surface area (Å²) in [5.41, 5.74) is 0.343.